The third kappa shape index (κ3) is 3.43. The first-order chi connectivity index (χ1) is 12.5. The fraction of sp³-hybridized carbons (Fsp3) is 0.389. The molecule has 5 nitrogen and oxygen atoms in total. The summed E-state index contributed by atoms with van der Waals surface area (Å²) in [6.07, 6.45) is 1.78. The van der Waals surface area contributed by atoms with E-state index in [0.29, 0.717) is 11.7 Å². The number of hydrogen-bond donors (Lipinski definition) is 1. The fourth-order valence-electron chi connectivity index (χ4n) is 3.12. The highest BCUT2D eigenvalue weighted by Gasteiger charge is 2.28. The standard InChI is InChI=1S/C18H19FN4OS2/c1-10-11(2)25-17(20-10)22-16(24)12-4-3-7-23(9-12)18-21-14-6-5-13(19)8-15(14)26-18/h5-6,8,12H,3-4,7,9H2,1-2H3,(H,20,22,24). The SMILES string of the molecule is Cc1nc(NC(=O)C2CCCN(c3nc4ccc(F)cc4s3)C2)sc1C. The van der Waals surface area contributed by atoms with Crippen LogP contribution in [0.2, 0.25) is 0 Å². The number of nitrogens with one attached hydrogen (secondary N) is 1. The van der Waals surface area contributed by atoms with Gasteiger partial charge in [0.25, 0.3) is 0 Å². The molecule has 0 aliphatic carbocycles. The normalized spacial score (nSPS) is 17.7. The molecule has 8 heteroatoms. The van der Waals surface area contributed by atoms with Gasteiger partial charge in [-0.15, -0.1) is 11.3 Å². The molecule has 0 saturated carbocycles. The topological polar surface area (TPSA) is 58.1 Å². The molecule has 1 amide bonds. The maximum absolute atomic E-state index is 13.4. The van der Waals surface area contributed by atoms with Crippen LogP contribution in [0, 0.1) is 25.6 Å². The Morgan fingerprint density at radius 1 is 1.31 bits per heavy atom. The van der Waals surface area contributed by atoms with E-state index in [1.165, 1.54) is 34.8 Å². The van der Waals surface area contributed by atoms with E-state index in [9.17, 15) is 9.18 Å². The summed E-state index contributed by atoms with van der Waals surface area (Å²) in [5, 5.41) is 4.47. The highest BCUT2D eigenvalue weighted by Crippen LogP contribution is 2.32. The number of carbonyl (C=O) groups excluding carboxylic acids is 1. The minimum absolute atomic E-state index is 0.00982. The monoisotopic (exact) mass is 390 g/mol. The summed E-state index contributed by atoms with van der Waals surface area (Å²) in [4.78, 5) is 24.9. The summed E-state index contributed by atoms with van der Waals surface area (Å²) < 4.78 is 14.2. The minimum Gasteiger partial charge on any atom is -0.347 e. The number of thiazole rings is 2. The molecule has 1 unspecified atom stereocenters. The first kappa shape index (κ1) is 17.4. The summed E-state index contributed by atoms with van der Waals surface area (Å²) in [6, 6.07) is 4.64. The molecule has 1 aliphatic rings. The molecule has 1 aliphatic heterocycles. The van der Waals surface area contributed by atoms with Crippen LogP contribution < -0.4 is 10.2 Å². The van der Waals surface area contributed by atoms with Gasteiger partial charge in [0.05, 0.1) is 21.8 Å². The van der Waals surface area contributed by atoms with Crippen LogP contribution in [0.1, 0.15) is 23.4 Å². The maximum atomic E-state index is 13.4. The molecule has 0 bridgehead atoms. The van der Waals surface area contributed by atoms with Crippen LogP contribution in [-0.2, 0) is 4.79 Å². The molecule has 4 rings (SSSR count). The number of hydrogen-bond acceptors (Lipinski definition) is 6. The molecule has 0 spiro atoms. The van der Waals surface area contributed by atoms with Gasteiger partial charge < -0.3 is 10.2 Å². The quantitative estimate of drug-likeness (QED) is 0.722. The number of carbonyl (C=O) groups is 1. The van der Waals surface area contributed by atoms with E-state index >= 15 is 0 Å². The second-order valence-electron chi connectivity index (χ2n) is 6.54. The van der Waals surface area contributed by atoms with Gasteiger partial charge in [0.2, 0.25) is 5.91 Å². The molecule has 1 fully saturated rings. The van der Waals surface area contributed by atoms with Crippen molar-refractivity contribution < 1.29 is 9.18 Å². The van der Waals surface area contributed by atoms with Crippen molar-refractivity contribution in [3.05, 3.63) is 34.6 Å². The number of nitrogens with zero attached hydrogens (tertiary/aromatic N) is 3. The summed E-state index contributed by atoms with van der Waals surface area (Å²) in [5.74, 6) is -0.342. The zero-order valence-corrected chi connectivity index (χ0v) is 16.2. The minimum atomic E-state index is -0.252. The average molecular weight is 391 g/mol. The Morgan fingerprint density at radius 3 is 2.92 bits per heavy atom. The van der Waals surface area contributed by atoms with Gasteiger partial charge in [0.15, 0.2) is 10.3 Å². The Labute approximate surface area is 158 Å². The molecule has 1 aromatic carbocycles. The Kier molecular flexibility index (Phi) is 4.62. The molecule has 0 radical (unpaired) electrons. The largest absolute Gasteiger partial charge is 0.347 e. The Morgan fingerprint density at radius 2 is 2.15 bits per heavy atom. The lowest BCUT2D eigenvalue weighted by Gasteiger charge is -2.31. The van der Waals surface area contributed by atoms with E-state index in [0.717, 1.165) is 45.3 Å². The number of halogens is 1. The maximum Gasteiger partial charge on any atom is 0.231 e. The van der Waals surface area contributed by atoms with Crippen LogP contribution in [0.25, 0.3) is 10.2 Å². The smallest absolute Gasteiger partial charge is 0.231 e. The third-order valence-corrected chi connectivity index (χ3v) is 6.73. The molecular weight excluding hydrogens is 371 g/mol. The van der Waals surface area contributed by atoms with Crippen molar-refractivity contribution in [3.8, 4) is 0 Å². The highest BCUT2D eigenvalue weighted by molar-refractivity contribution is 7.22. The van der Waals surface area contributed by atoms with Crippen LogP contribution in [0.15, 0.2) is 18.2 Å². The lowest BCUT2D eigenvalue weighted by atomic mass is 9.97. The van der Waals surface area contributed by atoms with Gasteiger partial charge in [-0.05, 0) is 44.9 Å². The highest BCUT2D eigenvalue weighted by atomic mass is 32.1. The van der Waals surface area contributed by atoms with Crippen molar-refractivity contribution in [1.29, 1.82) is 0 Å². The van der Waals surface area contributed by atoms with Gasteiger partial charge in [-0.25, -0.2) is 14.4 Å². The van der Waals surface area contributed by atoms with Gasteiger partial charge >= 0.3 is 0 Å². The number of anilines is 2. The summed E-state index contributed by atoms with van der Waals surface area (Å²) in [6.45, 7) is 5.43. The predicted molar refractivity (Wildman–Crippen MR) is 105 cm³/mol. The lowest BCUT2D eigenvalue weighted by molar-refractivity contribution is -0.120. The summed E-state index contributed by atoms with van der Waals surface area (Å²) >= 11 is 2.98. The van der Waals surface area contributed by atoms with Gasteiger partial charge in [-0.1, -0.05) is 11.3 Å². The number of piperidine rings is 1. The van der Waals surface area contributed by atoms with Gasteiger partial charge in [0.1, 0.15) is 5.82 Å². The molecule has 1 atom stereocenters. The Balaban J connectivity index is 1.48. The van der Waals surface area contributed by atoms with E-state index in [-0.39, 0.29) is 17.6 Å². The first-order valence-corrected chi connectivity index (χ1v) is 10.2. The van der Waals surface area contributed by atoms with Gasteiger partial charge in [-0.2, -0.15) is 0 Å². The van der Waals surface area contributed by atoms with Crippen molar-refractivity contribution >= 4 is 49.1 Å². The van der Waals surface area contributed by atoms with Crippen molar-refractivity contribution in [3.63, 3.8) is 0 Å². The number of fused-ring (bicyclic) bond motifs is 1. The average Bonchev–Trinajstić information content (AvgIpc) is 3.17. The second-order valence-corrected chi connectivity index (χ2v) is 8.76. The van der Waals surface area contributed by atoms with E-state index in [1.54, 1.807) is 6.07 Å². The number of amides is 1. The molecule has 3 aromatic rings. The molecule has 26 heavy (non-hydrogen) atoms. The van der Waals surface area contributed by atoms with Crippen LogP contribution in [0.4, 0.5) is 14.7 Å². The van der Waals surface area contributed by atoms with E-state index in [4.69, 9.17) is 0 Å². The summed E-state index contributed by atoms with van der Waals surface area (Å²) in [7, 11) is 0. The van der Waals surface area contributed by atoms with Gasteiger partial charge in [0, 0.05) is 18.0 Å². The Bertz CT molecular complexity index is 948. The number of benzene rings is 1. The molecule has 1 N–H and O–H groups in total. The Hall–Kier alpha value is -2.06. The van der Waals surface area contributed by atoms with Crippen LogP contribution in [0.5, 0.6) is 0 Å². The molecule has 136 valence electrons. The zero-order valence-electron chi connectivity index (χ0n) is 14.6. The van der Waals surface area contributed by atoms with Gasteiger partial charge in [-0.3, -0.25) is 4.79 Å². The van der Waals surface area contributed by atoms with Crippen molar-refractivity contribution in [2.45, 2.75) is 26.7 Å². The number of rotatable bonds is 3. The third-order valence-electron chi connectivity index (χ3n) is 4.66. The van der Waals surface area contributed by atoms with Crippen molar-refractivity contribution in [1.82, 2.24) is 9.97 Å². The van der Waals surface area contributed by atoms with E-state index in [1.807, 2.05) is 13.8 Å². The van der Waals surface area contributed by atoms with Crippen molar-refractivity contribution in [2.75, 3.05) is 23.3 Å². The van der Waals surface area contributed by atoms with Crippen LogP contribution in [0.3, 0.4) is 0 Å². The fourth-order valence-corrected chi connectivity index (χ4v) is 4.96. The molecule has 3 heterocycles. The molecular formula is C18H19FN4OS2. The predicted octanol–water partition coefficient (Wildman–Crippen LogP) is 4.36. The summed E-state index contributed by atoms with van der Waals surface area (Å²) in [5.41, 5.74) is 1.75. The van der Waals surface area contributed by atoms with Crippen LogP contribution >= 0.6 is 22.7 Å². The van der Waals surface area contributed by atoms with Crippen LogP contribution in [-0.4, -0.2) is 29.0 Å². The zero-order chi connectivity index (χ0) is 18.3. The number of aromatic nitrogens is 2. The number of aryl methyl sites for hydroxylation is 2. The molecule has 1 saturated heterocycles. The van der Waals surface area contributed by atoms with E-state index in [2.05, 4.69) is 20.2 Å². The first-order valence-electron chi connectivity index (χ1n) is 8.55. The second kappa shape index (κ2) is 6.92. The molecule has 2 aromatic heterocycles. The van der Waals surface area contributed by atoms with E-state index < -0.39 is 0 Å². The lowest BCUT2D eigenvalue weighted by Crippen LogP contribution is -2.40. The van der Waals surface area contributed by atoms with Crippen molar-refractivity contribution in [2.24, 2.45) is 5.92 Å².